The van der Waals surface area contributed by atoms with Gasteiger partial charge in [0.2, 0.25) is 0 Å². The monoisotopic (exact) mass is 403 g/mol. The highest BCUT2D eigenvalue weighted by Gasteiger charge is 2.29. The number of alkyl carbamates (subject to hydrolysis) is 1. The van der Waals surface area contributed by atoms with Crippen molar-refractivity contribution in [3.05, 3.63) is 39.2 Å². The van der Waals surface area contributed by atoms with Crippen LogP contribution in [0, 0.1) is 26.7 Å². The molecular weight excluding hydrogens is 374 g/mol. The number of rotatable bonds is 4. The second-order valence-electron chi connectivity index (χ2n) is 8.56. The summed E-state index contributed by atoms with van der Waals surface area (Å²) in [6.07, 6.45) is -0.694. The smallest absolute Gasteiger partial charge is 0.408 e. The van der Waals surface area contributed by atoms with Crippen molar-refractivity contribution < 1.29 is 23.5 Å². The van der Waals surface area contributed by atoms with E-state index in [9.17, 15) is 14.4 Å². The summed E-state index contributed by atoms with van der Waals surface area (Å²) in [5.41, 5.74) is 1.14. The van der Waals surface area contributed by atoms with Crippen molar-refractivity contribution in [1.82, 2.24) is 5.32 Å². The maximum Gasteiger partial charge on any atom is 0.408 e. The lowest BCUT2D eigenvalue weighted by atomic mass is 10.0. The number of carbonyl (C=O) groups is 2. The standard InChI is InChI=1S/C22H29NO6/c1-11(2)18(23-21(26)29-22(6,7)8)20(25)28-16-10-12(3)9-15-17(16)13(4)14(5)19(24)27-15/h9-11,18H,1-8H3,(H,23,26)/t18-/m1/s1. The van der Waals surface area contributed by atoms with Gasteiger partial charge in [0, 0.05) is 5.56 Å². The number of benzene rings is 1. The van der Waals surface area contributed by atoms with Crippen LogP contribution < -0.4 is 15.7 Å². The Morgan fingerprint density at radius 3 is 2.24 bits per heavy atom. The molecule has 2 aromatic rings. The summed E-state index contributed by atoms with van der Waals surface area (Å²) >= 11 is 0. The molecule has 0 fully saturated rings. The van der Waals surface area contributed by atoms with E-state index < -0.39 is 29.3 Å². The maximum absolute atomic E-state index is 12.9. The molecule has 0 bridgehead atoms. The predicted octanol–water partition coefficient (Wildman–Crippen LogP) is 4.17. The van der Waals surface area contributed by atoms with Crippen LogP contribution in [0.25, 0.3) is 11.0 Å². The molecule has 1 aromatic heterocycles. The summed E-state index contributed by atoms with van der Waals surface area (Å²) in [6, 6.07) is 2.52. The van der Waals surface area contributed by atoms with Crippen LogP contribution in [0.1, 0.15) is 51.3 Å². The van der Waals surface area contributed by atoms with Gasteiger partial charge < -0.3 is 19.2 Å². The van der Waals surface area contributed by atoms with Crippen molar-refractivity contribution in [1.29, 1.82) is 0 Å². The highest BCUT2D eigenvalue weighted by atomic mass is 16.6. The summed E-state index contributed by atoms with van der Waals surface area (Å²) in [5, 5.41) is 3.14. The zero-order chi connectivity index (χ0) is 22.1. The van der Waals surface area contributed by atoms with Crippen LogP contribution in [0.15, 0.2) is 21.3 Å². The summed E-state index contributed by atoms with van der Waals surface area (Å²) in [7, 11) is 0. The zero-order valence-electron chi connectivity index (χ0n) is 18.3. The van der Waals surface area contributed by atoms with Crippen LogP contribution in [0.4, 0.5) is 4.79 Å². The lowest BCUT2D eigenvalue weighted by Gasteiger charge is -2.24. The van der Waals surface area contributed by atoms with Gasteiger partial charge in [-0.25, -0.2) is 14.4 Å². The molecule has 1 amide bonds. The Labute approximate surface area is 170 Å². The summed E-state index contributed by atoms with van der Waals surface area (Å²) in [6.45, 7) is 14.1. The Balaban J connectivity index is 2.39. The van der Waals surface area contributed by atoms with Gasteiger partial charge in [-0.05, 0) is 70.7 Å². The number of esters is 1. The number of aryl methyl sites for hydroxylation is 2. The quantitative estimate of drug-likeness (QED) is 0.468. The maximum atomic E-state index is 12.9. The van der Waals surface area contributed by atoms with E-state index in [1.54, 1.807) is 60.6 Å². The molecule has 0 aliphatic carbocycles. The van der Waals surface area contributed by atoms with Gasteiger partial charge in [-0.3, -0.25) is 0 Å². The van der Waals surface area contributed by atoms with Gasteiger partial charge in [-0.1, -0.05) is 13.8 Å². The van der Waals surface area contributed by atoms with Crippen molar-refractivity contribution in [2.75, 3.05) is 0 Å². The van der Waals surface area contributed by atoms with Gasteiger partial charge in [-0.15, -0.1) is 0 Å². The Hall–Kier alpha value is -2.83. The second-order valence-corrected chi connectivity index (χ2v) is 8.56. The minimum absolute atomic E-state index is 0.230. The van der Waals surface area contributed by atoms with Crippen LogP contribution in [-0.2, 0) is 9.53 Å². The van der Waals surface area contributed by atoms with E-state index in [1.807, 2.05) is 6.92 Å². The fourth-order valence-electron chi connectivity index (χ4n) is 2.87. The highest BCUT2D eigenvalue weighted by Crippen LogP contribution is 2.31. The molecule has 1 heterocycles. The van der Waals surface area contributed by atoms with Crippen LogP contribution in [0.2, 0.25) is 0 Å². The first kappa shape index (κ1) is 22.5. The third-order valence-corrected chi connectivity index (χ3v) is 4.46. The minimum atomic E-state index is -0.905. The fourth-order valence-corrected chi connectivity index (χ4v) is 2.87. The number of hydrogen-bond acceptors (Lipinski definition) is 6. The molecule has 0 unspecified atom stereocenters. The van der Waals surface area contributed by atoms with E-state index >= 15 is 0 Å². The molecule has 1 N–H and O–H groups in total. The van der Waals surface area contributed by atoms with E-state index in [1.165, 1.54) is 0 Å². The first-order chi connectivity index (χ1) is 13.3. The van der Waals surface area contributed by atoms with Gasteiger partial charge in [0.05, 0.1) is 5.39 Å². The van der Waals surface area contributed by atoms with Crippen LogP contribution >= 0.6 is 0 Å². The summed E-state index contributed by atoms with van der Waals surface area (Å²) in [4.78, 5) is 37.0. The van der Waals surface area contributed by atoms with E-state index in [0.717, 1.165) is 5.56 Å². The predicted molar refractivity (Wildman–Crippen MR) is 110 cm³/mol. The largest absolute Gasteiger partial charge is 0.444 e. The molecule has 0 spiro atoms. The molecule has 1 aromatic carbocycles. The zero-order valence-corrected chi connectivity index (χ0v) is 18.3. The average molecular weight is 403 g/mol. The SMILES string of the molecule is Cc1cc(OC(=O)[C@H](NC(=O)OC(C)(C)C)C(C)C)c2c(C)c(C)c(=O)oc2c1. The second kappa shape index (κ2) is 8.27. The Kier molecular flexibility index (Phi) is 6.40. The number of fused-ring (bicyclic) bond motifs is 1. The Morgan fingerprint density at radius 2 is 1.69 bits per heavy atom. The molecule has 0 saturated carbocycles. The van der Waals surface area contributed by atoms with Crippen LogP contribution in [-0.4, -0.2) is 23.7 Å². The van der Waals surface area contributed by atoms with Crippen LogP contribution in [0.5, 0.6) is 5.75 Å². The molecule has 0 aliphatic heterocycles. The number of carbonyl (C=O) groups excluding carboxylic acids is 2. The topological polar surface area (TPSA) is 94.8 Å². The molecule has 0 radical (unpaired) electrons. The fraction of sp³-hybridized carbons (Fsp3) is 0.500. The van der Waals surface area contributed by atoms with Crippen molar-refractivity contribution in [2.24, 2.45) is 5.92 Å². The van der Waals surface area contributed by atoms with Gasteiger partial charge in [0.1, 0.15) is 23.0 Å². The number of nitrogens with one attached hydrogen (secondary N) is 1. The minimum Gasteiger partial charge on any atom is -0.444 e. The average Bonchev–Trinajstić information content (AvgIpc) is 2.55. The van der Waals surface area contributed by atoms with Gasteiger partial charge in [0.25, 0.3) is 0 Å². The molecule has 29 heavy (non-hydrogen) atoms. The lowest BCUT2D eigenvalue weighted by molar-refractivity contribution is -0.137. The third kappa shape index (κ3) is 5.37. The summed E-state index contributed by atoms with van der Waals surface area (Å²) < 4.78 is 16.3. The molecular formula is C22H29NO6. The molecule has 2 rings (SSSR count). The molecule has 0 aliphatic rings. The molecule has 0 saturated heterocycles. The van der Waals surface area contributed by atoms with Crippen molar-refractivity contribution >= 4 is 23.0 Å². The number of hydrogen-bond donors (Lipinski definition) is 1. The normalized spacial score (nSPS) is 12.7. The van der Waals surface area contributed by atoms with E-state index in [4.69, 9.17) is 13.9 Å². The van der Waals surface area contributed by atoms with E-state index in [-0.39, 0.29) is 11.7 Å². The van der Waals surface area contributed by atoms with Gasteiger partial charge >= 0.3 is 17.7 Å². The number of amides is 1. The third-order valence-electron chi connectivity index (χ3n) is 4.46. The lowest BCUT2D eigenvalue weighted by Crippen LogP contribution is -2.48. The van der Waals surface area contributed by atoms with E-state index in [0.29, 0.717) is 22.1 Å². The van der Waals surface area contributed by atoms with Crippen LogP contribution in [0.3, 0.4) is 0 Å². The molecule has 158 valence electrons. The Morgan fingerprint density at radius 1 is 1.07 bits per heavy atom. The highest BCUT2D eigenvalue weighted by molar-refractivity contribution is 5.92. The Bertz CT molecular complexity index is 997. The van der Waals surface area contributed by atoms with Crippen molar-refractivity contribution in [3.8, 4) is 5.75 Å². The first-order valence-corrected chi connectivity index (χ1v) is 9.56. The number of ether oxygens (including phenoxy) is 2. The molecule has 1 atom stereocenters. The van der Waals surface area contributed by atoms with Crippen molar-refractivity contribution in [3.63, 3.8) is 0 Å². The van der Waals surface area contributed by atoms with Gasteiger partial charge in [-0.2, -0.15) is 0 Å². The first-order valence-electron chi connectivity index (χ1n) is 9.56. The summed E-state index contributed by atoms with van der Waals surface area (Å²) in [5.74, 6) is -0.571. The van der Waals surface area contributed by atoms with E-state index in [2.05, 4.69) is 5.32 Å². The molecule has 7 nitrogen and oxygen atoms in total. The van der Waals surface area contributed by atoms with Gasteiger partial charge in [0.15, 0.2) is 0 Å². The molecule has 7 heteroatoms. The van der Waals surface area contributed by atoms with Crippen molar-refractivity contribution in [2.45, 2.75) is 67.0 Å².